The minimum Gasteiger partial charge on any atom is -0.477 e. The van der Waals surface area contributed by atoms with Crippen molar-refractivity contribution in [3.63, 3.8) is 0 Å². The van der Waals surface area contributed by atoms with Crippen molar-refractivity contribution in [1.29, 1.82) is 0 Å². The number of nitrogens with one attached hydrogen (secondary N) is 2. The van der Waals surface area contributed by atoms with Crippen LogP contribution in [0.25, 0.3) is 0 Å². The minimum atomic E-state index is -1.15. The zero-order valence-electron chi connectivity index (χ0n) is 14.5. The number of aromatic carboxylic acids is 1. The maximum absolute atomic E-state index is 12.2. The zero-order valence-corrected chi connectivity index (χ0v) is 14.5. The number of carboxylic acid groups (broad SMARTS) is 1. The normalized spacial score (nSPS) is 15.9. The molecule has 1 unspecified atom stereocenters. The van der Waals surface area contributed by atoms with Crippen LogP contribution in [0, 0.1) is 0 Å². The van der Waals surface area contributed by atoms with Crippen LogP contribution in [0.4, 0.5) is 5.69 Å². The summed E-state index contributed by atoms with van der Waals surface area (Å²) in [5.41, 5.74) is 1.59. The number of carbonyl (C=O) groups excluding carboxylic acids is 2. The molecule has 8 nitrogen and oxygen atoms in total. The number of nitrogens with zero attached hydrogens (tertiary/aromatic N) is 1. The number of anilines is 1. The number of carboxylic acids is 1. The van der Waals surface area contributed by atoms with Gasteiger partial charge in [0.25, 0.3) is 11.8 Å². The molecule has 2 aromatic rings. The number of hydrogen-bond donors (Lipinski definition) is 3. The molecule has 0 bridgehead atoms. The molecule has 1 atom stereocenters. The first-order valence-corrected chi connectivity index (χ1v) is 8.52. The molecule has 3 rings (SSSR count). The first-order valence-electron chi connectivity index (χ1n) is 8.52. The number of pyridine rings is 1. The Hall–Kier alpha value is -3.26. The van der Waals surface area contributed by atoms with Gasteiger partial charge in [-0.1, -0.05) is 12.1 Å². The quantitative estimate of drug-likeness (QED) is 0.715. The van der Waals surface area contributed by atoms with Crippen LogP contribution in [0.15, 0.2) is 42.6 Å². The molecule has 0 radical (unpaired) electrons. The molecule has 1 aliphatic heterocycles. The molecule has 8 heteroatoms. The fourth-order valence-corrected chi connectivity index (χ4v) is 2.71. The molecule has 0 saturated carbocycles. The van der Waals surface area contributed by atoms with Crippen molar-refractivity contribution in [2.45, 2.75) is 25.5 Å². The van der Waals surface area contributed by atoms with E-state index in [1.54, 1.807) is 18.2 Å². The Bertz CT molecular complexity index is 845. The van der Waals surface area contributed by atoms with E-state index in [0.29, 0.717) is 12.3 Å². The van der Waals surface area contributed by atoms with E-state index >= 15 is 0 Å². The van der Waals surface area contributed by atoms with Crippen molar-refractivity contribution in [2.75, 3.05) is 11.9 Å². The van der Waals surface area contributed by atoms with E-state index in [1.165, 1.54) is 18.3 Å². The van der Waals surface area contributed by atoms with Crippen LogP contribution in [0.3, 0.4) is 0 Å². The summed E-state index contributed by atoms with van der Waals surface area (Å²) in [5.74, 6) is -1.68. The molecule has 140 valence electrons. The first-order chi connectivity index (χ1) is 13.0. The third kappa shape index (κ3) is 4.89. The van der Waals surface area contributed by atoms with Crippen LogP contribution >= 0.6 is 0 Å². The number of hydrogen-bond acceptors (Lipinski definition) is 5. The summed E-state index contributed by atoms with van der Waals surface area (Å²) >= 11 is 0. The van der Waals surface area contributed by atoms with E-state index < -0.39 is 12.1 Å². The van der Waals surface area contributed by atoms with Crippen LogP contribution in [0.5, 0.6) is 0 Å². The Morgan fingerprint density at radius 2 is 2.07 bits per heavy atom. The first kappa shape index (κ1) is 18.5. The summed E-state index contributed by atoms with van der Waals surface area (Å²) in [6.07, 6.45) is 2.41. The summed E-state index contributed by atoms with van der Waals surface area (Å²) in [7, 11) is 0. The molecule has 27 heavy (non-hydrogen) atoms. The number of benzene rings is 1. The fourth-order valence-electron chi connectivity index (χ4n) is 2.71. The molecule has 0 aliphatic carbocycles. The molecule has 3 N–H and O–H groups in total. The van der Waals surface area contributed by atoms with Gasteiger partial charge in [-0.25, -0.2) is 9.78 Å². The summed E-state index contributed by atoms with van der Waals surface area (Å²) in [6, 6.07) is 9.84. The average Bonchev–Trinajstić information content (AvgIpc) is 3.21. The van der Waals surface area contributed by atoms with Crippen LogP contribution in [-0.2, 0) is 16.1 Å². The number of carbonyl (C=O) groups is 3. The largest absolute Gasteiger partial charge is 0.477 e. The van der Waals surface area contributed by atoms with Gasteiger partial charge < -0.3 is 20.5 Å². The summed E-state index contributed by atoms with van der Waals surface area (Å²) in [6.45, 7) is 0.857. The van der Waals surface area contributed by atoms with Gasteiger partial charge in [0.2, 0.25) is 0 Å². The predicted octanol–water partition coefficient (Wildman–Crippen LogP) is 1.83. The maximum atomic E-state index is 12.2. The van der Waals surface area contributed by atoms with Gasteiger partial charge >= 0.3 is 5.97 Å². The lowest BCUT2D eigenvalue weighted by Crippen LogP contribution is -2.27. The molecule has 2 heterocycles. The van der Waals surface area contributed by atoms with Gasteiger partial charge in [0.1, 0.15) is 11.8 Å². The molecular formula is C19H19N3O5. The minimum absolute atomic E-state index is 0.124. The smallest absolute Gasteiger partial charge is 0.354 e. The topological polar surface area (TPSA) is 118 Å². The van der Waals surface area contributed by atoms with Gasteiger partial charge in [-0.3, -0.25) is 9.59 Å². The maximum Gasteiger partial charge on any atom is 0.354 e. The van der Waals surface area contributed by atoms with E-state index in [4.69, 9.17) is 9.84 Å². The number of aromatic nitrogens is 1. The summed E-state index contributed by atoms with van der Waals surface area (Å²) in [4.78, 5) is 38.8. The highest BCUT2D eigenvalue weighted by Gasteiger charge is 2.23. The van der Waals surface area contributed by atoms with Gasteiger partial charge in [-0.2, -0.15) is 0 Å². The third-order valence-corrected chi connectivity index (χ3v) is 4.11. The zero-order chi connectivity index (χ0) is 19.2. The highest BCUT2D eigenvalue weighted by atomic mass is 16.5. The highest BCUT2D eigenvalue weighted by Crippen LogP contribution is 2.16. The van der Waals surface area contributed by atoms with Crippen LogP contribution in [0.2, 0.25) is 0 Å². The fraction of sp³-hybridized carbons (Fsp3) is 0.263. The number of rotatable bonds is 6. The van der Waals surface area contributed by atoms with E-state index in [9.17, 15) is 14.4 Å². The number of amides is 2. The van der Waals surface area contributed by atoms with Gasteiger partial charge in [0.15, 0.2) is 0 Å². The van der Waals surface area contributed by atoms with E-state index in [1.807, 2.05) is 6.07 Å². The van der Waals surface area contributed by atoms with Crippen molar-refractivity contribution in [2.24, 2.45) is 0 Å². The molecule has 2 amide bonds. The van der Waals surface area contributed by atoms with Crippen LogP contribution in [0.1, 0.15) is 39.3 Å². The SMILES string of the molecule is O=C(NCc1cccc(NC(=O)C2CCCO2)c1)c1ccc(C(=O)O)nc1. The molecule has 1 aromatic heterocycles. The highest BCUT2D eigenvalue weighted by molar-refractivity contribution is 5.95. The van der Waals surface area contributed by atoms with Crippen molar-refractivity contribution < 1.29 is 24.2 Å². The second kappa shape index (κ2) is 8.41. The molecule has 1 aromatic carbocycles. The average molecular weight is 369 g/mol. The molecule has 1 aliphatic rings. The lowest BCUT2D eigenvalue weighted by Gasteiger charge is -2.12. The Morgan fingerprint density at radius 1 is 1.22 bits per heavy atom. The van der Waals surface area contributed by atoms with Crippen molar-refractivity contribution in [3.05, 3.63) is 59.4 Å². The second-order valence-corrected chi connectivity index (χ2v) is 6.11. The van der Waals surface area contributed by atoms with Gasteiger partial charge in [0, 0.05) is 25.0 Å². The van der Waals surface area contributed by atoms with Crippen LogP contribution < -0.4 is 10.6 Å². The van der Waals surface area contributed by atoms with Crippen molar-refractivity contribution in [1.82, 2.24) is 10.3 Å². The Balaban J connectivity index is 1.56. The molecule has 0 spiro atoms. The Morgan fingerprint density at radius 3 is 2.74 bits per heavy atom. The molecule has 1 fully saturated rings. The molecule has 1 saturated heterocycles. The lowest BCUT2D eigenvalue weighted by molar-refractivity contribution is -0.124. The summed E-state index contributed by atoms with van der Waals surface area (Å²) in [5, 5.41) is 14.4. The molecular weight excluding hydrogens is 350 g/mol. The van der Waals surface area contributed by atoms with E-state index in [0.717, 1.165) is 18.4 Å². The Labute approximate surface area is 155 Å². The third-order valence-electron chi connectivity index (χ3n) is 4.11. The number of ether oxygens (including phenoxy) is 1. The lowest BCUT2D eigenvalue weighted by atomic mass is 10.1. The second-order valence-electron chi connectivity index (χ2n) is 6.11. The monoisotopic (exact) mass is 369 g/mol. The van der Waals surface area contributed by atoms with Gasteiger partial charge in [-0.05, 0) is 42.7 Å². The van der Waals surface area contributed by atoms with Crippen LogP contribution in [-0.4, -0.2) is 40.6 Å². The van der Waals surface area contributed by atoms with Gasteiger partial charge in [-0.15, -0.1) is 0 Å². The van der Waals surface area contributed by atoms with Crippen molar-refractivity contribution in [3.8, 4) is 0 Å². The standard InChI is InChI=1S/C19H19N3O5/c23-17(13-6-7-15(19(25)26)20-11-13)21-10-12-3-1-4-14(9-12)22-18(24)16-5-2-8-27-16/h1,3-4,6-7,9,11,16H,2,5,8,10H2,(H,21,23)(H,22,24)(H,25,26). The van der Waals surface area contributed by atoms with E-state index in [-0.39, 0.29) is 29.6 Å². The predicted molar refractivity (Wildman–Crippen MR) is 96.4 cm³/mol. The van der Waals surface area contributed by atoms with E-state index in [2.05, 4.69) is 15.6 Å². The Kier molecular flexibility index (Phi) is 5.77. The van der Waals surface area contributed by atoms with Crippen molar-refractivity contribution >= 4 is 23.5 Å². The van der Waals surface area contributed by atoms with Gasteiger partial charge in [0.05, 0.1) is 5.56 Å². The summed E-state index contributed by atoms with van der Waals surface area (Å²) < 4.78 is 5.36.